The van der Waals surface area contributed by atoms with Crippen molar-refractivity contribution in [1.29, 1.82) is 0 Å². The van der Waals surface area contributed by atoms with Crippen molar-refractivity contribution in [3.05, 3.63) is 94.8 Å². The summed E-state index contributed by atoms with van der Waals surface area (Å²) in [6.07, 6.45) is 1.91. The molecule has 1 atom stereocenters. The predicted octanol–water partition coefficient (Wildman–Crippen LogP) is 5.89. The monoisotopic (exact) mass is 408 g/mol. The topological polar surface area (TPSA) is 41.1 Å². The summed E-state index contributed by atoms with van der Waals surface area (Å²) in [7, 11) is 0. The summed E-state index contributed by atoms with van der Waals surface area (Å²) in [6.45, 7) is 0. The van der Waals surface area contributed by atoms with E-state index in [4.69, 9.17) is 11.6 Å². The highest BCUT2D eigenvalue weighted by Crippen LogP contribution is 2.54. The SMILES string of the molecule is O=C1Nc2ccc(Cl)cc2[C@@]12C=C(c1ccc(F)cc1)Nc1ccccc1S2. The Morgan fingerprint density at radius 3 is 2.54 bits per heavy atom. The highest BCUT2D eigenvalue weighted by atomic mass is 35.5. The van der Waals surface area contributed by atoms with Gasteiger partial charge in [-0.1, -0.05) is 47.6 Å². The smallest absolute Gasteiger partial charge is 0.249 e. The number of hydrogen-bond acceptors (Lipinski definition) is 3. The summed E-state index contributed by atoms with van der Waals surface area (Å²) in [4.78, 5) is 14.1. The van der Waals surface area contributed by atoms with Crippen LogP contribution in [0.4, 0.5) is 15.8 Å². The van der Waals surface area contributed by atoms with Gasteiger partial charge in [-0.3, -0.25) is 4.79 Å². The van der Waals surface area contributed by atoms with E-state index < -0.39 is 4.75 Å². The molecule has 0 aromatic heterocycles. The molecular weight excluding hydrogens is 395 g/mol. The number of anilines is 2. The molecule has 3 aromatic rings. The third-order valence-corrected chi connectivity index (χ3v) is 6.55. The van der Waals surface area contributed by atoms with Crippen LogP contribution in [0.5, 0.6) is 0 Å². The minimum absolute atomic E-state index is 0.132. The van der Waals surface area contributed by atoms with E-state index in [1.165, 1.54) is 23.9 Å². The zero-order valence-electron chi connectivity index (χ0n) is 14.5. The van der Waals surface area contributed by atoms with E-state index >= 15 is 0 Å². The number of hydrogen-bond donors (Lipinski definition) is 2. The Morgan fingerprint density at radius 2 is 1.71 bits per heavy atom. The first-order valence-corrected chi connectivity index (χ1v) is 9.90. The highest BCUT2D eigenvalue weighted by Gasteiger charge is 2.48. The fraction of sp³-hybridized carbons (Fsp3) is 0.0455. The van der Waals surface area contributed by atoms with Crippen molar-refractivity contribution in [2.45, 2.75) is 9.64 Å². The molecule has 1 amide bonds. The average Bonchev–Trinajstić information content (AvgIpc) is 2.85. The van der Waals surface area contributed by atoms with Crippen LogP contribution in [0.15, 0.2) is 77.7 Å². The minimum Gasteiger partial charge on any atom is -0.354 e. The first-order chi connectivity index (χ1) is 13.5. The Hall–Kier alpha value is -2.76. The molecule has 0 radical (unpaired) electrons. The van der Waals surface area contributed by atoms with Gasteiger partial charge in [-0.25, -0.2) is 4.39 Å². The number of carbonyl (C=O) groups excluding carboxylic acids is 1. The molecular formula is C22H14ClFN2OS. The summed E-state index contributed by atoms with van der Waals surface area (Å²) in [5.74, 6) is -0.439. The molecule has 0 aliphatic carbocycles. The fourth-order valence-corrected chi connectivity index (χ4v) is 5.04. The number of benzene rings is 3. The summed E-state index contributed by atoms with van der Waals surface area (Å²) >= 11 is 7.72. The first kappa shape index (κ1) is 17.3. The van der Waals surface area contributed by atoms with Crippen molar-refractivity contribution in [2.75, 3.05) is 10.6 Å². The van der Waals surface area contributed by atoms with Crippen molar-refractivity contribution < 1.29 is 9.18 Å². The maximum atomic E-state index is 13.4. The van der Waals surface area contributed by atoms with E-state index in [2.05, 4.69) is 10.6 Å². The van der Waals surface area contributed by atoms with Crippen molar-refractivity contribution in [3.8, 4) is 0 Å². The molecule has 0 saturated carbocycles. The van der Waals surface area contributed by atoms with Crippen molar-refractivity contribution in [3.63, 3.8) is 0 Å². The number of halogens is 2. The van der Waals surface area contributed by atoms with Crippen LogP contribution in [-0.2, 0) is 9.54 Å². The first-order valence-electron chi connectivity index (χ1n) is 8.70. The Morgan fingerprint density at radius 1 is 0.929 bits per heavy atom. The van der Waals surface area contributed by atoms with Crippen LogP contribution in [0.3, 0.4) is 0 Å². The number of thioether (sulfide) groups is 1. The standard InChI is InChI=1S/C22H14ClFN2OS/c23-14-7-10-17-16(11-14)22(21(27)26-17)12-19(13-5-8-15(24)9-6-13)25-18-3-1-2-4-20(18)28-22/h1-12,25H,(H,26,27)/t22-/m0/s1. The Balaban J connectivity index is 1.77. The maximum absolute atomic E-state index is 13.4. The number of amides is 1. The van der Waals surface area contributed by atoms with Crippen molar-refractivity contribution in [2.24, 2.45) is 0 Å². The van der Waals surface area contributed by atoms with Gasteiger partial charge < -0.3 is 10.6 Å². The lowest BCUT2D eigenvalue weighted by atomic mass is 9.96. The second kappa shape index (κ2) is 6.40. The molecule has 3 aromatic carbocycles. The van der Waals surface area contributed by atoms with E-state index in [9.17, 15) is 9.18 Å². The highest BCUT2D eigenvalue weighted by molar-refractivity contribution is 8.01. The number of carbonyl (C=O) groups is 1. The van der Waals surface area contributed by atoms with Gasteiger partial charge in [0.25, 0.3) is 0 Å². The molecule has 0 unspecified atom stereocenters. The van der Waals surface area contributed by atoms with Gasteiger partial charge in [0.05, 0.1) is 5.69 Å². The Labute approximate surface area is 170 Å². The fourth-order valence-electron chi connectivity index (χ4n) is 3.55. The van der Waals surface area contributed by atoms with Gasteiger partial charge in [0.2, 0.25) is 5.91 Å². The molecule has 2 aliphatic heterocycles. The molecule has 0 bridgehead atoms. The van der Waals surface area contributed by atoms with Crippen LogP contribution in [-0.4, -0.2) is 5.91 Å². The Bertz CT molecular complexity index is 1150. The van der Waals surface area contributed by atoms with Gasteiger partial charge in [0.15, 0.2) is 0 Å². The zero-order valence-corrected chi connectivity index (χ0v) is 16.1. The van der Waals surface area contributed by atoms with Crippen LogP contribution in [0.2, 0.25) is 5.02 Å². The molecule has 2 heterocycles. The van der Waals surface area contributed by atoms with Crippen molar-refractivity contribution >= 4 is 46.3 Å². The van der Waals surface area contributed by atoms with Crippen LogP contribution in [0, 0.1) is 5.82 Å². The lowest BCUT2D eigenvalue weighted by molar-refractivity contribution is -0.116. The van der Waals surface area contributed by atoms with Gasteiger partial charge in [-0.15, -0.1) is 0 Å². The third-order valence-electron chi connectivity index (χ3n) is 4.90. The van der Waals surface area contributed by atoms with Crippen LogP contribution >= 0.6 is 23.4 Å². The summed E-state index contributed by atoms with van der Waals surface area (Å²) in [5.41, 5.74) is 3.98. The lowest BCUT2D eigenvalue weighted by Gasteiger charge is -2.23. The molecule has 2 N–H and O–H groups in total. The molecule has 1 spiro atoms. The van der Waals surface area contributed by atoms with Gasteiger partial charge in [0, 0.05) is 26.9 Å². The normalized spacial score (nSPS) is 19.9. The number of rotatable bonds is 1. The number of para-hydroxylation sites is 1. The van der Waals surface area contributed by atoms with E-state index in [0.717, 1.165) is 33.1 Å². The summed E-state index contributed by atoms with van der Waals surface area (Å²) < 4.78 is 12.5. The molecule has 5 rings (SSSR count). The average molecular weight is 409 g/mol. The van der Waals surface area contributed by atoms with E-state index in [1.54, 1.807) is 18.2 Å². The molecule has 138 valence electrons. The Kier molecular flexibility index (Phi) is 3.96. The van der Waals surface area contributed by atoms with Gasteiger partial charge >= 0.3 is 0 Å². The minimum atomic E-state index is -0.983. The molecule has 0 saturated heterocycles. The molecule has 0 fully saturated rings. The van der Waals surface area contributed by atoms with E-state index in [1.807, 2.05) is 42.5 Å². The second-order valence-corrected chi connectivity index (χ2v) is 8.39. The number of nitrogens with one attached hydrogen (secondary N) is 2. The van der Waals surface area contributed by atoms with Crippen LogP contribution in [0.25, 0.3) is 5.70 Å². The summed E-state index contributed by atoms with van der Waals surface area (Å²) in [5, 5.41) is 6.96. The van der Waals surface area contributed by atoms with Crippen LogP contribution in [0.1, 0.15) is 11.1 Å². The molecule has 6 heteroatoms. The van der Waals surface area contributed by atoms with Gasteiger partial charge in [0.1, 0.15) is 10.6 Å². The largest absolute Gasteiger partial charge is 0.354 e. The molecule has 28 heavy (non-hydrogen) atoms. The lowest BCUT2D eigenvalue weighted by Crippen LogP contribution is -2.29. The second-order valence-electron chi connectivity index (χ2n) is 6.67. The zero-order chi connectivity index (χ0) is 19.3. The van der Waals surface area contributed by atoms with E-state index in [0.29, 0.717) is 5.02 Å². The predicted molar refractivity (Wildman–Crippen MR) is 112 cm³/mol. The molecule has 2 aliphatic rings. The van der Waals surface area contributed by atoms with Gasteiger partial charge in [-0.2, -0.15) is 0 Å². The van der Waals surface area contributed by atoms with Crippen LogP contribution < -0.4 is 10.6 Å². The van der Waals surface area contributed by atoms with Crippen molar-refractivity contribution in [1.82, 2.24) is 0 Å². The van der Waals surface area contributed by atoms with E-state index in [-0.39, 0.29) is 11.7 Å². The maximum Gasteiger partial charge on any atom is 0.249 e. The number of fused-ring (bicyclic) bond motifs is 3. The third kappa shape index (κ3) is 2.70. The molecule has 3 nitrogen and oxygen atoms in total. The quantitative estimate of drug-likeness (QED) is 0.527. The van der Waals surface area contributed by atoms with Gasteiger partial charge in [-0.05, 0) is 54.1 Å². The summed E-state index contributed by atoms with van der Waals surface area (Å²) in [6, 6.07) is 19.5.